The fraction of sp³-hybridized carbons (Fsp3) is 0.851. The maximum atomic E-state index is 13.8. The van der Waals surface area contributed by atoms with E-state index in [4.69, 9.17) is 28.4 Å². The zero-order valence-corrected chi connectivity index (χ0v) is 38.9. The van der Waals surface area contributed by atoms with Gasteiger partial charge in [-0.1, -0.05) is 57.4 Å². The van der Waals surface area contributed by atoms with Gasteiger partial charge < -0.3 is 79.5 Å². The van der Waals surface area contributed by atoms with Crippen LogP contribution in [0.2, 0.25) is 0 Å². The predicted octanol–water partition coefficient (Wildman–Crippen LogP) is 1.84. The standard InChI is InChI=1S/C47H72O19/c1-20(2)9-8-10-21(3)22-14-18-47(43(59)60)24-11-12-26-44(4,5)27(15-16-45(26,6)23(24)13-17-46(22,47)7)62-41-31(52)29(50)35(37(66-41)39(57)58)64-42-33(54)34(32(53)36(65-42)38(55)56)63-40-30(51)28(49)25(48)19-61-40/h9,21-22,25-37,40-42,48-54H,8,10-19H2,1-7H3,(H,55,56)(H,57,58)(H,59,60)/t21-,22-,25+,26-,27+,28+,29-,30-,31-,32-,33-,34+,35+,36+,37+,40+,41-,42-,45-,46-,47+/m1/s1. The first kappa shape index (κ1) is 51.2. The maximum Gasteiger partial charge on any atom is 0.335 e. The van der Waals surface area contributed by atoms with E-state index in [1.807, 2.05) is 13.8 Å². The van der Waals surface area contributed by atoms with Crippen molar-refractivity contribution in [1.29, 1.82) is 0 Å². The lowest BCUT2D eigenvalue weighted by molar-refractivity contribution is -0.372. The number of aliphatic hydroxyl groups excluding tert-OH is 7. The third-order valence-corrected chi connectivity index (χ3v) is 17.3. The molecule has 5 fully saturated rings. The molecule has 0 unspecified atom stereocenters. The van der Waals surface area contributed by atoms with Gasteiger partial charge in [-0.25, -0.2) is 9.59 Å². The van der Waals surface area contributed by atoms with Gasteiger partial charge in [-0.05, 0) is 112 Å². The fourth-order valence-electron chi connectivity index (χ4n) is 13.8. The first-order valence-corrected chi connectivity index (χ1v) is 23.5. The maximum absolute atomic E-state index is 13.8. The Labute approximate surface area is 384 Å². The molecule has 0 bridgehead atoms. The second-order valence-electron chi connectivity index (χ2n) is 21.5. The van der Waals surface area contributed by atoms with Gasteiger partial charge in [-0.3, -0.25) is 4.79 Å². The second kappa shape index (κ2) is 18.9. The van der Waals surface area contributed by atoms with Gasteiger partial charge in [-0.15, -0.1) is 0 Å². The first-order valence-electron chi connectivity index (χ1n) is 23.5. The van der Waals surface area contributed by atoms with Gasteiger partial charge in [0, 0.05) is 0 Å². The van der Waals surface area contributed by atoms with E-state index in [0.717, 1.165) is 37.7 Å². The number of aliphatic carboxylic acids is 3. The van der Waals surface area contributed by atoms with E-state index in [2.05, 4.69) is 40.7 Å². The topological polar surface area (TPSA) is 309 Å². The molecule has 3 saturated heterocycles. The number of aliphatic hydroxyl groups is 7. The number of carbonyl (C=O) groups is 3. The number of ether oxygens (including phenoxy) is 6. The highest BCUT2D eigenvalue weighted by atomic mass is 16.8. The van der Waals surface area contributed by atoms with E-state index in [1.54, 1.807) is 0 Å². The van der Waals surface area contributed by atoms with Crippen LogP contribution < -0.4 is 0 Å². The zero-order chi connectivity index (χ0) is 48.6. The van der Waals surface area contributed by atoms with Crippen LogP contribution in [0.5, 0.6) is 0 Å². The average Bonchev–Trinajstić information content (AvgIpc) is 3.57. The van der Waals surface area contributed by atoms with Crippen LogP contribution in [0.4, 0.5) is 0 Å². The van der Waals surface area contributed by atoms with Crippen LogP contribution in [0.25, 0.3) is 0 Å². The monoisotopic (exact) mass is 940 g/mol. The molecule has 0 aromatic carbocycles. The van der Waals surface area contributed by atoms with E-state index >= 15 is 0 Å². The van der Waals surface area contributed by atoms with Crippen molar-refractivity contribution in [3.63, 3.8) is 0 Å². The number of hydrogen-bond acceptors (Lipinski definition) is 16. The molecule has 0 radical (unpaired) electrons. The highest BCUT2D eigenvalue weighted by Crippen LogP contribution is 2.73. The van der Waals surface area contributed by atoms with Crippen LogP contribution in [0.1, 0.15) is 113 Å². The van der Waals surface area contributed by atoms with Crippen LogP contribution in [-0.4, -0.2) is 168 Å². The summed E-state index contributed by atoms with van der Waals surface area (Å²) in [5, 5.41) is 107. The van der Waals surface area contributed by atoms with Crippen molar-refractivity contribution in [2.45, 2.75) is 205 Å². The Hall–Kier alpha value is -2.63. The Morgan fingerprint density at radius 3 is 1.95 bits per heavy atom. The van der Waals surface area contributed by atoms with Gasteiger partial charge in [0.1, 0.15) is 54.9 Å². The SMILES string of the molecule is CC(C)=CCC[C@@H](C)[C@H]1CC[C@@]2(C(=O)O)C3=C(CC[C@]12C)[C@@]1(C)CC[C@H](O[C@@H]2O[C@H](C(=O)O)[C@@H](O[C@@H]4O[C@H](C(=O)O)[C@H](O)[C@H](O[C@@H]5OC[C@H](O)[C@H](O)[C@H]5O)[C@H]4O)[C@H](O)[C@H]2O)C(C)(C)[C@H]1CC3. The fourth-order valence-corrected chi connectivity index (χ4v) is 13.8. The van der Waals surface area contributed by atoms with Crippen LogP contribution in [0.3, 0.4) is 0 Å². The summed E-state index contributed by atoms with van der Waals surface area (Å²) in [6, 6.07) is 0. The van der Waals surface area contributed by atoms with E-state index in [0.29, 0.717) is 38.0 Å². The summed E-state index contributed by atoms with van der Waals surface area (Å²) in [5.41, 5.74) is 1.27. The molecular weight excluding hydrogens is 868 g/mol. The Bertz CT molecular complexity index is 1880. The van der Waals surface area contributed by atoms with E-state index in [-0.39, 0.29) is 17.3 Å². The average molecular weight is 941 g/mol. The van der Waals surface area contributed by atoms with Gasteiger partial charge in [0.05, 0.1) is 18.1 Å². The van der Waals surface area contributed by atoms with Crippen LogP contribution in [0.15, 0.2) is 22.8 Å². The van der Waals surface area contributed by atoms with Crippen molar-refractivity contribution in [1.82, 2.24) is 0 Å². The summed E-state index contributed by atoms with van der Waals surface area (Å²) in [5.74, 6) is -3.52. The zero-order valence-electron chi connectivity index (χ0n) is 38.9. The summed E-state index contributed by atoms with van der Waals surface area (Å²) in [4.78, 5) is 38.7. The molecule has 21 atom stereocenters. The van der Waals surface area contributed by atoms with Crippen molar-refractivity contribution in [2.75, 3.05) is 6.61 Å². The van der Waals surface area contributed by atoms with E-state index in [1.165, 1.54) is 11.1 Å². The Morgan fingerprint density at radius 2 is 1.32 bits per heavy atom. The summed E-state index contributed by atoms with van der Waals surface area (Å²) in [6.07, 6.45) is -18.3. The van der Waals surface area contributed by atoms with Crippen molar-refractivity contribution in [2.24, 2.45) is 39.4 Å². The second-order valence-corrected chi connectivity index (χ2v) is 21.5. The summed E-state index contributed by atoms with van der Waals surface area (Å²) >= 11 is 0. The molecule has 0 aromatic heterocycles. The molecule has 66 heavy (non-hydrogen) atoms. The van der Waals surface area contributed by atoms with Gasteiger partial charge in [0.25, 0.3) is 0 Å². The molecule has 2 saturated carbocycles. The summed E-state index contributed by atoms with van der Waals surface area (Å²) in [6.45, 7) is 14.5. The highest BCUT2D eigenvalue weighted by molar-refractivity contribution is 5.82. The molecule has 7 rings (SSSR count). The van der Waals surface area contributed by atoms with Crippen molar-refractivity contribution in [3.8, 4) is 0 Å². The van der Waals surface area contributed by atoms with Crippen LogP contribution in [0, 0.1) is 39.4 Å². The van der Waals surface area contributed by atoms with Gasteiger partial charge in [0.2, 0.25) is 0 Å². The van der Waals surface area contributed by atoms with Crippen molar-refractivity contribution in [3.05, 3.63) is 22.8 Å². The van der Waals surface area contributed by atoms with Crippen molar-refractivity contribution < 1.29 is 93.9 Å². The lowest BCUT2D eigenvalue weighted by Crippen LogP contribution is -2.67. The molecule has 3 aliphatic heterocycles. The molecule has 10 N–H and O–H groups in total. The third-order valence-electron chi connectivity index (χ3n) is 17.3. The quantitative estimate of drug-likeness (QED) is 0.118. The van der Waals surface area contributed by atoms with E-state index in [9.17, 15) is 65.4 Å². The summed E-state index contributed by atoms with van der Waals surface area (Å²) in [7, 11) is 0. The lowest BCUT2D eigenvalue weighted by Gasteiger charge is -2.62. The minimum atomic E-state index is -2.18. The highest BCUT2D eigenvalue weighted by Gasteiger charge is 2.69. The molecule has 0 amide bonds. The Kier molecular flexibility index (Phi) is 14.7. The molecule has 0 aromatic rings. The third kappa shape index (κ3) is 8.48. The van der Waals surface area contributed by atoms with Crippen LogP contribution >= 0.6 is 0 Å². The smallest absolute Gasteiger partial charge is 0.335 e. The molecular formula is C47H72O19. The molecule has 19 heteroatoms. The molecule has 7 aliphatic rings. The van der Waals surface area contributed by atoms with E-state index < -0.39 is 133 Å². The number of allylic oxidation sites excluding steroid dienone is 3. The molecule has 19 nitrogen and oxygen atoms in total. The minimum Gasteiger partial charge on any atom is -0.481 e. The molecule has 0 spiro atoms. The largest absolute Gasteiger partial charge is 0.481 e. The van der Waals surface area contributed by atoms with Gasteiger partial charge in [-0.2, -0.15) is 0 Å². The number of hydrogen-bond donors (Lipinski definition) is 10. The van der Waals surface area contributed by atoms with Gasteiger partial charge >= 0.3 is 17.9 Å². The van der Waals surface area contributed by atoms with Crippen molar-refractivity contribution >= 4 is 17.9 Å². The number of carboxylic acid groups (broad SMARTS) is 3. The Balaban J connectivity index is 1.07. The minimum absolute atomic E-state index is 0.000919. The summed E-state index contributed by atoms with van der Waals surface area (Å²) < 4.78 is 34.0. The number of rotatable bonds is 13. The Morgan fingerprint density at radius 1 is 0.697 bits per heavy atom. The lowest BCUT2D eigenvalue weighted by atomic mass is 9.43. The normalized spacial score (nSPS) is 47.2. The number of fused-ring (bicyclic) bond motifs is 4. The molecule has 374 valence electrons. The number of carboxylic acids is 3. The molecule has 3 heterocycles. The van der Waals surface area contributed by atoms with Crippen LogP contribution in [-0.2, 0) is 42.8 Å². The molecule has 4 aliphatic carbocycles. The predicted molar refractivity (Wildman–Crippen MR) is 228 cm³/mol. The van der Waals surface area contributed by atoms with Gasteiger partial charge in [0.15, 0.2) is 31.1 Å². The first-order chi connectivity index (χ1) is 30.8.